The van der Waals surface area contributed by atoms with Gasteiger partial charge in [-0.15, -0.1) is 0 Å². The number of halogens is 2. The van der Waals surface area contributed by atoms with Crippen molar-refractivity contribution >= 4 is 21.9 Å². The summed E-state index contributed by atoms with van der Waals surface area (Å²) < 4.78 is 23.1. The van der Waals surface area contributed by atoms with Gasteiger partial charge in [-0.2, -0.15) is 0 Å². The average Bonchev–Trinajstić information content (AvgIpc) is 2.22. The molecule has 5 heteroatoms. The molecule has 0 saturated carbocycles. The Morgan fingerprint density at radius 1 is 1.53 bits per heavy atom. The minimum atomic E-state index is -0.567. The summed E-state index contributed by atoms with van der Waals surface area (Å²) >= 11 is 3.01. The van der Waals surface area contributed by atoms with E-state index in [9.17, 15) is 9.18 Å². The molecule has 3 nitrogen and oxygen atoms in total. The third-order valence-corrected chi connectivity index (χ3v) is 2.50. The van der Waals surface area contributed by atoms with E-state index in [1.807, 2.05) is 0 Å². The van der Waals surface area contributed by atoms with Crippen LogP contribution in [0.15, 0.2) is 16.6 Å². The summed E-state index contributed by atoms with van der Waals surface area (Å²) in [6, 6.07) is 2.52. The first-order valence-electron chi connectivity index (χ1n) is 4.30. The summed E-state index contributed by atoms with van der Waals surface area (Å²) in [7, 11) is 1.40. The molecule has 82 valence electrons. The van der Waals surface area contributed by atoms with Crippen molar-refractivity contribution in [1.29, 1.82) is 0 Å². The number of hydrogen-bond acceptors (Lipinski definition) is 3. The van der Waals surface area contributed by atoms with Crippen LogP contribution in [0.2, 0.25) is 0 Å². The predicted octanol–water partition coefficient (Wildman–Crippen LogP) is 2.77. The largest absolute Gasteiger partial charge is 0.495 e. The minimum absolute atomic E-state index is 0.134. The van der Waals surface area contributed by atoms with Crippen molar-refractivity contribution in [3.63, 3.8) is 0 Å². The average molecular weight is 277 g/mol. The SMILES string of the molecule is CCOC(=O)c1cc(F)c(Br)c(OC)c1. The van der Waals surface area contributed by atoms with Crippen LogP contribution in [-0.2, 0) is 4.74 Å². The van der Waals surface area contributed by atoms with E-state index in [0.717, 1.165) is 6.07 Å². The second-order valence-electron chi connectivity index (χ2n) is 2.69. The van der Waals surface area contributed by atoms with Gasteiger partial charge in [0, 0.05) is 0 Å². The lowest BCUT2D eigenvalue weighted by molar-refractivity contribution is 0.0525. The van der Waals surface area contributed by atoms with E-state index in [1.54, 1.807) is 6.92 Å². The number of benzene rings is 1. The van der Waals surface area contributed by atoms with E-state index < -0.39 is 11.8 Å². The summed E-state index contributed by atoms with van der Waals surface area (Å²) in [5, 5.41) is 0. The molecule has 1 rings (SSSR count). The number of methoxy groups -OCH3 is 1. The maximum absolute atomic E-state index is 13.3. The van der Waals surface area contributed by atoms with Gasteiger partial charge in [0.25, 0.3) is 0 Å². The highest BCUT2D eigenvalue weighted by atomic mass is 79.9. The van der Waals surface area contributed by atoms with Crippen molar-refractivity contribution in [3.05, 3.63) is 28.0 Å². The maximum atomic E-state index is 13.3. The second kappa shape index (κ2) is 5.11. The highest BCUT2D eigenvalue weighted by Gasteiger charge is 2.14. The fraction of sp³-hybridized carbons (Fsp3) is 0.300. The van der Waals surface area contributed by atoms with Crippen LogP contribution in [-0.4, -0.2) is 19.7 Å². The molecule has 0 unspecified atom stereocenters. The van der Waals surface area contributed by atoms with E-state index in [4.69, 9.17) is 9.47 Å². The standard InChI is InChI=1S/C10H10BrFO3/c1-3-15-10(13)6-4-7(12)9(11)8(5-6)14-2/h4-5H,3H2,1-2H3. The van der Waals surface area contributed by atoms with Crippen LogP contribution in [0.25, 0.3) is 0 Å². The molecule has 0 saturated heterocycles. The smallest absolute Gasteiger partial charge is 0.338 e. The quantitative estimate of drug-likeness (QED) is 0.797. The Bertz CT molecular complexity index is 379. The molecule has 0 aliphatic carbocycles. The number of esters is 1. The van der Waals surface area contributed by atoms with Gasteiger partial charge in [0.05, 0.1) is 23.8 Å². The van der Waals surface area contributed by atoms with E-state index in [2.05, 4.69) is 15.9 Å². The van der Waals surface area contributed by atoms with Crippen LogP contribution in [0, 0.1) is 5.82 Å². The first-order chi connectivity index (χ1) is 7.10. The maximum Gasteiger partial charge on any atom is 0.338 e. The van der Waals surface area contributed by atoms with Gasteiger partial charge in [-0.3, -0.25) is 0 Å². The molecule has 0 fully saturated rings. The molecule has 0 radical (unpaired) electrons. The van der Waals surface area contributed by atoms with Crippen LogP contribution in [0.5, 0.6) is 5.75 Å². The van der Waals surface area contributed by atoms with Gasteiger partial charge >= 0.3 is 5.97 Å². The zero-order chi connectivity index (χ0) is 11.4. The molecule has 0 bridgehead atoms. The molecule has 1 aromatic carbocycles. The Kier molecular flexibility index (Phi) is 4.08. The lowest BCUT2D eigenvalue weighted by Crippen LogP contribution is -2.05. The van der Waals surface area contributed by atoms with E-state index in [1.165, 1.54) is 13.2 Å². The summed E-state index contributed by atoms with van der Waals surface area (Å²) in [6.45, 7) is 1.93. The third-order valence-electron chi connectivity index (χ3n) is 1.73. The topological polar surface area (TPSA) is 35.5 Å². The number of ether oxygens (including phenoxy) is 2. The van der Waals surface area contributed by atoms with Gasteiger partial charge in [0.2, 0.25) is 0 Å². The fourth-order valence-corrected chi connectivity index (χ4v) is 1.44. The fourth-order valence-electron chi connectivity index (χ4n) is 1.04. The number of rotatable bonds is 3. The molecule has 0 heterocycles. The molecular formula is C10H10BrFO3. The van der Waals surface area contributed by atoms with Crippen molar-refractivity contribution in [2.24, 2.45) is 0 Å². The second-order valence-corrected chi connectivity index (χ2v) is 3.49. The molecule has 0 aliphatic heterocycles. The lowest BCUT2D eigenvalue weighted by atomic mass is 10.2. The van der Waals surface area contributed by atoms with Gasteiger partial charge in [-0.25, -0.2) is 9.18 Å². The first kappa shape index (κ1) is 12.0. The van der Waals surface area contributed by atoms with Gasteiger partial charge in [-0.05, 0) is 35.0 Å². The Morgan fingerprint density at radius 3 is 2.73 bits per heavy atom. The summed E-state index contributed by atoms with van der Waals surface area (Å²) in [5.41, 5.74) is 0.134. The van der Waals surface area contributed by atoms with E-state index >= 15 is 0 Å². The van der Waals surface area contributed by atoms with Gasteiger partial charge < -0.3 is 9.47 Å². The Labute approximate surface area is 95.3 Å². The van der Waals surface area contributed by atoms with Gasteiger partial charge in [0.15, 0.2) is 0 Å². The zero-order valence-corrected chi connectivity index (χ0v) is 9.93. The molecule has 0 aromatic heterocycles. The number of carbonyl (C=O) groups is 1. The molecule has 0 spiro atoms. The lowest BCUT2D eigenvalue weighted by Gasteiger charge is -2.07. The van der Waals surface area contributed by atoms with Gasteiger partial charge in [0.1, 0.15) is 11.6 Å². The normalized spacial score (nSPS) is 9.87. The van der Waals surface area contributed by atoms with Crippen LogP contribution < -0.4 is 4.74 Å². The summed E-state index contributed by atoms with van der Waals surface area (Å²) in [4.78, 5) is 11.3. The van der Waals surface area contributed by atoms with Crippen molar-refractivity contribution in [2.75, 3.05) is 13.7 Å². The van der Waals surface area contributed by atoms with Crippen LogP contribution >= 0.6 is 15.9 Å². The third kappa shape index (κ3) is 2.68. The summed E-state index contributed by atoms with van der Waals surface area (Å²) in [5.74, 6) is -0.863. The Balaban J connectivity index is 3.10. The Morgan fingerprint density at radius 2 is 2.20 bits per heavy atom. The highest BCUT2D eigenvalue weighted by Crippen LogP contribution is 2.29. The molecular weight excluding hydrogens is 267 g/mol. The number of carbonyl (C=O) groups excluding carboxylic acids is 1. The molecule has 0 amide bonds. The molecule has 0 N–H and O–H groups in total. The highest BCUT2D eigenvalue weighted by molar-refractivity contribution is 9.10. The predicted molar refractivity (Wildman–Crippen MR) is 56.6 cm³/mol. The molecule has 0 atom stereocenters. The monoisotopic (exact) mass is 276 g/mol. The summed E-state index contributed by atoms with van der Waals surface area (Å²) in [6.07, 6.45) is 0. The minimum Gasteiger partial charge on any atom is -0.495 e. The molecule has 15 heavy (non-hydrogen) atoms. The van der Waals surface area contributed by atoms with E-state index in [-0.39, 0.29) is 22.4 Å². The van der Waals surface area contributed by atoms with Crippen LogP contribution in [0.1, 0.15) is 17.3 Å². The van der Waals surface area contributed by atoms with Crippen LogP contribution in [0.4, 0.5) is 4.39 Å². The van der Waals surface area contributed by atoms with Gasteiger partial charge in [-0.1, -0.05) is 0 Å². The van der Waals surface area contributed by atoms with Crippen molar-refractivity contribution in [3.8, 4) is 5.75 Å². The van der Waals surface area contributed by atoms with Crippen molar-refractivity contribution in [2.45, 2.75) is 6.92 Å². The first-order valence-corrected chi connectivity index (χ1v) is 5.09. The van der Waals surface area contributed by atoms with E-state index in [0.29, 0.717) is 0 Å². The molecule has 0 aliphatic rings. The zero-order valence-electron chi connectivity index (χ0n) is 8.34. The number of hydrogen-bond donors (Lipinski definition) is 0. The van der Waals surface area contributed by atoms with Crippen molar-refractivity contribution < 1.29 is 18.7 Å². The van der Waals surface area contributed by atoms with Crippen molar-refractivity contribution in [1.82, 2.24) is 0 Å². The molecule has 1 aromatic rings. The Hall–Kier alpha value is -1.10. The van der Waals surface area contributed by atoms with Crippen LogP contribution in [0.3, 0.4) is 0 Å².